The molecule has 0 aromatic heterocycles. The van der Waals surface area contributed by atoms with Crippen LogP contribution in [0.2, 0.25) is 0 Å². The van der Waals surface area contributed by atoms with Crippen LogP contribution in [0.5, 0.6) is 0 Å². The highest BCUT2D eigenvalue weighted by molar-refractivity contribution is 5.76. The Balaban J connectivity index is 1.98. The van der Waals surface area contributed by atoms with Crippen LogP contribution in [0.1, 0.15) is 38.4 Å². The van der Waals surface area contributed by atoms with E-state index < -0.39 is 0 Å². The van der Waals surface area contributed by atoms with E-state index in [1.54, 1.807) is 0 Å². The fourth-order valence-corrected chi connectivity index (χ4v) is 2.28. The lowest BCUT2D eigenvalue weighted by molar-refractivity contribution is -0.161. The van der Waals surface area contributed by atoms with E-state index in [2.05, 4.69) is 5.32 Å². The Morgan fingerprint density at radius 1 is 1.28 bits per heavy atom. The summed E-state index contributed by atoms with van der Waals surface area (Å²) >= 11 is 0. The first-order valence-electron chi connectivity index (χ1n) is 6.58. The second-order valence-electron chi connectivity index (χ2n) is 5.27. The van der Waals surface area contributed by atoms with E-state index in [0.717, 1.165) is 31.5 Å². The number of esters is 1. The third kappa shape index (κ3) is 2.91. The van der Waals surface area contributed by atoms with Crippen LogP contribution in [0.3, 0.4) is 0 Å². The number of hydrogen-bond acceptors (Lipinski definition) is 3. The molecular weight excluding hydrogens is 226 g/mol. The van der Waals surface area contributed by atoms with Crippen molar-refractivity contribution < 1.29 is 9.53 Å². The first kappa shape index (κ1) is 13.1. The van der Waals surface area contributed by atoms with Gasteiger partial charge in [-0.05, 0) is 45.3 Å². The molecule has 18 heavy (non-hydrogen) atoms. The van der Waals surface area contributed by atoms with Gasteiger partial charge in [-0.3, -0.25) is 4.79 Å². The number of benzene rings is 1. The Bertz CT molecular complexity index is 396. The highest BCUT2D eigenvalue weighted by atomic mass is 16.5. The number of nitrogens with one attached hydrogen (secondary N) is 1. The average molecular weight is 247 g/mol. The van der Waals surface area contributed by atoms with E-state index in [1.807, 2.05) is 44.2 Å². The highest BCUT2D eigenvalue weighted by Gasteiger charge is 2.36. The topological polar surface area (TPSA) is 38.3 Å². The van der Waals surface area contributed by atoms with Gasteiger partial charge in [0.2, 0.25) is 0 Å². The van der Waals surface area contributed by atoms with Crippen molar-refractivity contribution in [3.8, 4) is 0 Å². The Hall–Kier alpha value is -1.35. The summed E-state index contributed by atoms with van der Waals surface area (Å²) in [5, 5.41) is 3.27. The molecule has 1 heterocycles. The van der Waals surface area contributed by atoms with Crippen LogP contribution >= 0.6 is 0 Å². The van der Waals surface area contributed by atoms with E-state index in [-0.39, 0.29) is 17.5 Å². The van der Waals surface area contributed by atoms with Gasteiger partial charge in [0.05, 0.1) is 5.41 Å². The summed E-state index contributed by atoms with van der Waals surface area (Å²) in [6, 6.07) is 9.87. The maximum Gasteiger partial charge on any atom is 0.312 e. The van der Waals surface area contributed by atoms with Gasteiger partial charge >= 0.3 is 5.97 Å². The monoisotopic (exact) mass is 247 g/mol. The van der Waals surface area contributed by atoms with E-state index in [9.17, 15) is 4.79 Å². The second kappa shape index (κ2) is 5.53. The number of piperidine rings is 1. The van der Waals surface area contributed by atoms with Gasteiger partial charge < -0.3 is 10.1 Å². The van der Waals surface area contributed by atoms with Crippen LogP contribution in [0.15, 0.2) is 30.3 Å². The van der Waals surface area contributed by atoms with Crippen LogP contribution in [-0.4, -0.2) is 19.1 Å². The minimum Gasteiger partial charge on any atom is -0.457 e. The van der Waals surface area contributed by atoms with Gasteiger partial charge in [-0.1, -0.05) is 30.3 Å². The molecule has 1 aromatic carbocycles. The van der Waals surface area contributed by atoms with Gasteiger partial charge in [-0.15, -0.1) is 0 Å². The zero-order valence-corrected chi connectivity index (χ0v) is 11.1. The molecule has 1 fully saturated rings. The third-order valence-electron chi connectivity index (χ3n) is 3.75. The molecule has 0 bridgehead atoms. The van der Waals surface area contributed by atoms with Crippen LogP contribution in [0.25, 0.3) is 0 Å². The molecule has 0 amide bonds. The van der Waals surface area contributed by atoms with E-state index in [1.165, 1.54) is 0 Å². The van der Waals surface area contributed by atoms with Crippen molar-refractivity contribution in [3.63, 3.8) is 0 Å². The first-order valence-corrected chi connectivity index (χ1v) is 6.58. The lowest BCUT2D eigenvalue weighted by Crippen LogP contribution is -2.41. The highest BCUT2D eigenvalue weighted by Crippen LogP contribution is 2.31. The van der Waals surface area contributed by atoms with Crippen molar-refractivity contribution in [1.82, 2.24) is 5.32 Å². The zero-order valence-electron chi connectivity index (χ0n) is 11.1. The van der Waals surface area contributed by atoms with Crippen LogP contribution in [0.4, 0.5) is 0 Å². The van der Waals surface area contributed by atoms with Gasteiger partial charge in [0, 0.05) is 0 Å². The molecule has 0 aliphatic carbocycles. The summed E-state index contributed by atoms with van der Waals surface area (Å²) in [4.78, 5) is 12.3. The smallest absolute Gasteiger partial charge is 0.312 e. The van der Waals surface area contributed by atoms with Crippen LogP contribution in [-0.2, 0) is 9.53 Å². The molecule has 1 atom stereocenters. The Labute approximate surface area is 109 Å². The second-order valence-corrected chi connectivity index (χ2v) is 5.27. The lowest BCUT2D eigenvalue weighted by atomic mass is 9.81. The molecule has 2 rings (SSSR count). The van der Waals surface area contributed by atoms with Crippen molar-refractivity contribution in [2.24, 2.45) is 5.41 Å². The summed E-state index contributed by atoms with van der Waals surface area (Å²) in [7, 11) is 0. The molecule has 0 radical (unpaired) electrons. The normalized spacial score (nSPS) is 20.1. The summed E-state index contributed by atoms with van der Waals surface area (Å²) < 4.78 is 5.61. The molecule has 1 N–H and O–H groups in total. The minimum absolute atomic E-state index is 0.0691. The number of ether oxygens (including phenoxy) is 1. The van der Waals surface area contributed by atoms with Crippen molar-refractivity contribution in [2.45, 2.75) is 32.8 Å². The SMILES string of the molecule is CC(OC(=O)C1(C)CCNCC1)c1ccccc1. The maximum atomic E-state index is 12.3. The van der Waals surface area contributed by atoms with Crippen LogP contribution < -0.4 is 5.32 Å². The lowest BCUT2D eigenvalue weighted by Gasteiger charge is -2.32. The summed E-state index contributed by atoms with van der Waals surface area (Å²) in [6.45, 7) is 5.72. The van der Waals surface area contributed by atoms with Gasteiger partial charge in [-0.25, -0.2) is 0 Å². The fraction of sp³-hybridized carbons (Fsp3) is 0.533. The maximum absolute atomic E-state index is 12.3. The molecule has 3 nitrogen and oxygen atoms in total. The van der Waals surface area contributed by atoms with Crippen molar-refractivity contribution in [3.05, 3.63) is 35.9 Å². The predicted octanol–water partition coefficient (Wildman–Crippen LogP) is 2.68. The largest absolute Gasteiger partial charge is 0.457 e. The number of rotatable bonds is 3. The third-order valence-corrected chi connectivity index (χ3v) is 3.75. The molecule has 0 spiro atoms. The van der Waals surface area contributed by atoms with Crippen LogP contribution in [0, 0.1) is 5.41 Å². The van der Waals surface area contributed by atoms with Gasteiger partial charge in [0.15, 0.2) is 0 Å². The molecule has 1 aliphatic rings. The Morgan fingerprint density at radius 2 is 1.89 bits per heavy atom. The predicted molar refractivity (Wildman–Crippen MR) is 71.2 cm³/mol. The van der Waals surface area contributed by atoms with E-state index in [4.69, 9.17) is 4.74 Å². The average Bonchev–Trinajstić information content (AvgIpc) is 2.40. The Kier molecular flexibility index (Phi) is 4.02. The fourth-order valence-electron chi connectivity index (χ4n) is 2.28. The summed E-state index contributed by atoms with van der Waals surface area (Å²) in [5.74, 6) is -0.0691. The van der Waals surface area contributed by atoms with Gasteiger partial charge in [-0.2, -0.15) is 0 Å². The molecular formula is C15H21NO2. The number of carbonyl (C=O) groups excluding carboxylic acids is 1. The minimum atomic E-state index is -0.325. The number of carbonyl (C=O) groups is 1. The Morgan fingerprint density at radius 3 is 2.50 bits per heavy atom. The van der Waals surface area contributed by atoms with Gasteiger partial charge in [0.1, 0.15) is 6.10 Å². The van der Waals surface area contributed by atoms with Crippen molar-refractivity contribution >= 4 is 5.97 Å². The quantitative estimate of drug-likeness (QED) is 0.835. The summed E-state index contributed by atoms with van der Waals surface area (Å²) in [5.41, 5.74) is 0.720. The van der Waals surface area contributed by atoms with Crippen molar-refractivity contribution in [1.29, 1.82) is 0 Å². The molecule has 3 heteroatoms. The van der Waals surface area contributed by atoms with Gasteiger partial charge in [0.25, 0.3) is 0 Å². The molecule has 1 aliphatic heterocycles. The number of hydrogen-bond donors (Lipinski definition) is 1. The molecule has 1 unspecified atom stereocenters. The van der Waals surface area contributed by atoms with Crippen molar-refractivity contribution in [2.75, 3.05) is 13.1 Å². The standard InChI is InChI=1S/C15H21NO2/c1-12(13-6-4-3-5-7-13)18-14(17)15(2)8-10-16-11-9-15/h3-7,12,16H,8-11H2,1-2H3. The zero-order chi connectivity index (χ0) is 13.0. The molecule has 98 valence electrons. The molecule has 1 aromatic rings. The molecule has 0 saturated carbocycles. The van der Waals surface area contributed by atoms with E-state index in [0.29, 0.717) is 0 Å². The van der Waals surface area contributed by atoms with E-state index >= 15 is 0 Å². The first-order chi connectivity index (χ1) is 8.62. The summed E-state index contributed by atoms with van der Waals surface area (Å²) in [6.07, 6.45) is 1.53. The molecule has 1 saturated heterocycles.